The maximum absolute atomic E-state index is 12.6. The van der Waals surface area contributed by atoms with Crippen molar-refractivity contribution in [1.82, 2.24) is 4.31 Å². The molecule has 20 heavy (non-hydrogen) atoms. The second kappa shape index (κ2) is 5.41. The van der Waals surface area contributed by atoms with Crippen molar-refractivity contribution in [2.24, 2.45) is 0 Å². The molecule has 110 valence electrons. The van der Waals surface area contributed by atoms with Gasteiger partial charge in [-0.3, -0.25) is 9.10 Å². The molecule has 2 rings (SSSR count). The van der Waals surface area contributed by atoms with Crippen LogP contribution in [0.1, 0.15) is 18.9 Å². The van der Waals surface area contributed by atoms with Crippen LogP contribution in [0, 0.1) is 6.92 Å². The number of hydrogen-bond donors (Lipinski definition) is 1. The minimum Gasteiger partial charge on any atom is -0.480 e. The lowest BCUT2D eigenvalue weighted by molar-refractivity contribution is -0.140. The van der Waals surface area contributed by atoms with Crippen LogP contribution in [0.2, 0.25) is 0 Å². The van der Waals surface area contributed by atoms with Gasteiger partial charge in [-0.05, 0) is 38.0 Å². The van der Waals surface area contributed by atoms with Crippen LogP contribution >= 0.6 is 0 Å². The first-order chi connectivity index (χ1) is 9.34. The molecule has 1 fully saturated rings. The number of nitrogens with zero attached hydrogens (tertiary/aromatic N) is 2. The van der Waals surface area contributed by atoms with Gasteiger partial charge in [0, 0.05) is 13.1 Å². The highest BCUT2D eigenvalue weighted by Crippen LogP contribution is 2.26. The van der Waals surface area contributed by atoms with Crippen molar-refractivity contribution in [2.75, 3.05) is 17.4 Å². The predicted octanol–water partition coefficient (Wildman–Crippen LogP) is 1.23. The minimum atomic E-state index is -3.79. The summed E-state index contributed by atoms with van der Waals surface area (Å²) in [7, 11) is -3.79. The van der Waals surface area contributed by atoms with Gasteiger partial charge >= 0.3 is 16.2 Å². The summed E-state index contributed by atoms with van der Waals surface area (Å²) in [6.45, 7) is 3.88. The minimum absolute atomic E-state index is 0.234. The fraction of sp³-hybridized carbons (Fsp3) is 0.462. The quantitative estimate of drug-likeness (QED) is 0.910. The zero-order valence-electron chi connectivity index (χ0n) is 11.5. The van der Waals surface area contributed by atoms with E-state index in [0.717, 1.165) is 9.87 Å². The van der Waals surface area contributed by atoms with Gasteiger partial charge in [0.25, 0.3) is 0 Å². The molecule has 0 aliphatic carbocycles. The number of aliphatic carboxylic acids is 1. The van der Waals surface area contributed by atoms with E-state index in [-0.39, 0.29) is 6.54 Å². The Morgan fingerprint density at radius 2 is 2.05 bits per heavy atom. The number of anilines is 1. The van der Waals surface area contributed by atoms with E-state index in [1.54, 1.807) is 18.2 Å². The third-order valence-corrected chi connectivity index (χ3v) is 5.44. The molecule has 0 aromatic heterocycles. The van der Waals surface area contributed by atoms with E-state index >= 15 is 0 Å². The summed E-state index contributed by atoms with van der Waals surface area (Å²) < 4.78 is 27.4. The molecule has 1 aliphatic rings. The van der Waals surface area contributed by atoms with Crippen LogP contribution in [0.15, 0.2) is 24.3 Å². The zero-order chi connectivity index (χ0) is 14.9. The average molecular weight is 298 g/mol. The normalized spacial score (nSPS) is 20.6. The summed E-state index contributed by atoms with van der Waals surface area (Å²) in [6.07, 6.45) is 0.602. The number of carboxylic acids is 1. The van der Waals surface area contributed by atoms with Crippen LogP contribution in [0.3, 0.4) is 0 Å². The van der Waals surface area contributed by atoms with E-state index in [1.165, 1.54) is 11.2 Å². The maximum atomic E-state index is 12.6. The molecule has 6 nitrogen and oxygen atoms in total. The summed E-state index contributed by atoms with van der Waals surface area (Å²) >= 11 is 0. The third kappa shape index (κ3) is 2.64. The molecule has 0 spiro atoms. The molecular formula is C13H18N2O4S. The lowest BCUT2D eigenvalue weighted by atomic mass is 10.2. The van der Waals surface area contributed by atoms with Gasteiger partial charge in [0.1, 0.15) is 6.04 Å². The molecule has 1 atom stereocenters. The molecule has 1 aromatic carbocycles. The van der Waals surface area contributed by atoms with Crippen molar-refractivity contribution in [1.29, 1.82) is 0 Å². The van der Waals surface area contributed by atoms with E-state index in [9.17, 15) is 13.2 Å². The molecule has 1 N–H and O–H groups in total. The summed E-state index contributed by atoms with van der Waals surface area (Å²) in [6, 6.07) is 6.12. The number of rotatable bonds is 3. The number of carbonyl (C=O) groups is 1. The Labute approximate surface area is 118 Å². The molecule has 1 unspecified atom stereocenters. The number of benzene rings is 1. The fourth-order valence-corrected chi connectivity index (χ4v) is 4.13. The van der Waals surface area contributed by atoms with Gasteiger partial charge in [-0.25, -0.2) is 0 Å². The number of aryl methyl sites for hydroxylation is 1. The Balaban J connectivity index is 2.38. The van der Waals surface area contributed by atoms with E-state index in [2.05, 4.69) is 0 Å². The molecule has 1 saturated heterocycles. The van der Waals surface area contributed by atoms with E-state index in [0.29, 0.717) is 18.7 Å². The highest BCUT2D eigenvalue weighted by atomic mass is 32.2. The van der Waals surface area contributed by atoms with Crippen LogP contribution in [-0.4, -0.2) is 42.9 Å². The lowest BCUT2D eigenvalue weighted by Crippen LogP contribution is -2.55. The first-order valence-electron chi connectivity index (χ1n) is 6.43. The summed E-state index contributed by atoms with van der Waals surface area (Å²) in [5.41, 5.74) is 1.54. The van der Waals surface area contributed by atoms with Crippen molar-refractivity contribution in [2.45, 2.75) is 26.3 Å². The van der Waals surface area contributed by atoms with Crippen molar-refractivity contribution >= 4 is 21.9 Å². The van der Waals surface area contributed by atoms with Crippen molar-refractivity contribution in [3.05, 3.63) is 29.8 Å². The molecule has 0 amide bonds. The largest absolute Gasteiger partial charge is 0.480 e. The molecule has 0 bridgehead atoms. The van der Waals surface area contributed by atoms with Crippen LogP contribution in [0.4, 0.5) is 5.69 Å². The van der Waals surface area contributed by atoms with Gasteiger partial charge in [-0.15, -0.1) is 0 Å². The number of carboxylic acid groups (broad SMARTS) is 1. The molecule has 1 heterocycles. The van der Waals surface area contributed by atoms with Gasteiger partial charge in [-0.2, -0.15) is 12.7 Å². The first kappa shape index (κ1) is 14.8. The predicted molar refractivity (Wildman–Crippen MR) is 75.9 cm³/mol. The van der Waals surface area contributed by atoms with E-state index < -0.39 is 22.2 Å². The summed E-state index contributed by atoms with van der Waals surface area (Å²) in [5, 5.41) is 9.04. The van der Waals surface area contributed by atoms with Gasteiger partial charge in [0.05, 0.1) is 5.69 Å². The van der Waals surface area contributed by atoms with Crippen LogP contribution in [-0.2, 0) is 15.0 Å². The molecule has 1 aliphatic heterocycles. The van der Waals surface area contributed by atoms with Crippen molar-refractivity contribution in [3.8, 4) is 0 Å². The van der Waals surface area contributed by atoms with Crippen LogP contribution in [0.5, 0.6) is 0 Å². The Bertz CT molecular complexity index is 615. The Morgan fingerprint density at radius 1 is 1.35 bits per heavy atom. The van der Waals surface area contributed by atoms with Crippen LogP contribution in [0.25, 0.3) is 0 Å². The molecule has 1 aromatic rings. The number of hydrogen-bond acceptors (Lipinski definition) is 3. The third-order valence-electron chi connectivity index (χ3n) is 3.39. The second-order valence-electron chi connectivity index (χ2n) is 4.90. The highest BCUT2D eigenvalue weighted by molar-refractivity contribution is 7.90. The second-order valence-corrected chi connectivity index (χ2v) is 6.70. The summed E-state index contributed by atoms with van der Waals surface area (Å²) in [4.78, 5) is 11.1. The van der Waals surface area contributed by atoms with Crippen molar-refractivity contribution in [3.63, 3.8) is 0 Å². The standard InChI is InChI=1S/C13H18N2O4S/c1-10-5-3-6-12(9-10)15-8-4-7-14(20(15,18)19)11(2)13(16)17/h3,5-6,9,11H,4,7-8H2,1-2H3,(H,16,17). The van der Waals surface area contributed by atoms with E-state index in [1.807, 2.05) is 13.0 Å². The Kier molecular flexibility index (Phi) is 4.01. The topological polar surface area (TPSA) is 77.9 Å². The van der Waals surface area contributed by atoms with Gasteiger partial charge in [0.15, 0.2) is 0 Å². The van der Waals surface area contributed by atoms with E-state index in [4.69, 9.17) is 5.11 Å². The SMILES string of the molecule is Cc1cccc(N2CCCN(C(C)C(=O)O)S2(=O)=O)c1. The zero-order valence-corrected chi connectivity index (χ0v) is 12.3. The first-order valence-corrected chi connectivity index (χ1v) is 7.82. The smallest absolute Gasteiger partial charge is 0.321 e. The maximum Gasteiger partial charge on any atom is 0.321 e. The van der Waals surface area contributed by atoms with Gasteiger partial charge in [0.2, 0.25) is 0 Å². The monoisotopic (exact) mass is 298 g/mol. The van der Waals surface area contributed by atoms with Gasteiger partial charge < -0.3 is 5.11 Å². The fourth-order valence-electron chi connectivity index (χ4n) is 2.29. The lowest BCUT2D eigenvalue weighted by Gasteiger charge is -2.37. The molecule has 0 radical (unpaired) electrons. The summed E-state index contributed by atoms with van der Waals surface area (Å²) in [5.74, 6) is -1.14. The highest BCUT2D eigenvalue weighted by Gasteiger charge is 2.39. The molecular weight excluding hydrogens is 280 g/mol. The average Bonchev–Trinajstić information content (AvgIpc) is 2.37. The van der Waals surface area contributed by atoms with Crippen molar-refractivity contribution < 1.29 is 18.3 Å². The Morgan fingerprint density at radius 3 is 2.65 bits per heavy atom. The molecule has 0 saturated carbocycles. The Hall–Kier alpha value is -1.60. The van der Waals surface area contributed by atoms with Gasteiger partial charge in [-0.1, -0.05) is 12.1 Å². The molecule has 7 heteroatoms. The van der Waals surface area contributed by atoms with Crippen LogP contribution < -0.4 is 4.31 Å².